The number of rotatable bonds is 3. The minimum atomic E-state index is -0.111. The first-order valence-corrected chi connectivity index (χ1v) is 5.50. The van der Waals surface area contributed by atoms with Crippen LogP contribution in [0, 0.1) is 5.92 Å². The lowest BCUT2D eigenvalue weighted by Gasteiger charge is -2.21. The predicted octanol–water partition coefficient (Wildman–Crippen LogP) is 3.00. The molecule has 4 nitrogen and oxygen atoms in total. The van der Waals surface area contributed by atoms with E-state index in [0.717, 1.165) is 5.69 Å². The van der Waals surface area contributed by atoms with Crippen molar-refractivity contribution in [1.82, 2.24) is 5.16 Å². The number of carbonyl (C=O) groups is 1. The standard InChI is InChI=1S/C13H14N2O2/c1-10(2)13(16)15(12-8-9-14-17-12)11-6-4-3-5-7-11/h3-10H,1-2H3. The molecule has 0 aliphatic carbocycles. The maximum absolute atomic E-state index is 12.2. The van der Waals surface area contributed by atoms with E-state index in [4.69, 9.17) is 4.52 Å². The van der Waals surface area contributed by atoms with Crippen LogP contribution in [-0.2, 0) is 4.79 Å². The normalized spacial score (nSPS) is 10.5. The molecule has 1 amide bonds. The largest absolute Gasteiger partial charge is 0.338 e. The van der Waals surface area contributed by atoms with Gasteiger partial charge in [0.25, 0.3) is 0 Å². The molecule has 88 valence electrons. The maximum Gasteiger partial charge on any atom is 0.238 e. The Morgan fingerprint density at radius 3 is 2.47 bits per heavy atom. The Kier molecular flexibility index (Phi) is 3.23. The number of carbonyl (C=O) groups excluding carboxylic acids is 1. The highest BCUT2D eigenvalue weighted by Crippen LogP contribution is 2.26. The summed E-state index contributed by atoms with van der Waals surface area (Å²) in [4.78, 5) is 13.7. The molecule has 0 N–H and O–H groups in total. The highest BCUT2D eigenvalue weighted by atomic mass is 16.5. The van der Waals surface area contributed by atoms with Crippen molar-refractivity contribution in [2.45, 2.75) is 13.8 Å². The zero-order valence-corrected chi connectivity index (χ0v) is 9.83. The summed E-state index contributed by atoms with van der Waals surface area (Å²) >= 11 is 0. The molecule has 1 heterocycles. The number of amides is 1. The van der Waals surface area contributed by atoms with Crippen molar-refractivity contribution in [3.05, 3.63) is 42.6 Å². The van der Waals surface area contributed by atoms with Crippen LogP contribution in [0.3, 0.4) is 0 Å². The fourth-order valence-electron chi connectivity index (χ4n) is 1.52. The van der Waals surface area contributed by atoms with Crippen molar-refractivity contribution < 1.29 is 9.32 Å². The number of hydrogen-bond acceptors (Lipinski definition) is 3. The smallest absolute Gasteiger partial charge is 0.238 e. The first kappa shape index (κ1) is 11.4. The second-order valence-corrected chi connectivity index (χ2v) is 4.01. The summed E-state index contributed by atoms with van der Waals surface area (Å²) in [6.45, 7) is 3.71. The van der Waals surface area contributed by atoms with Gasteiger partial charge >= 0.3 is 0 Å². The minimum absolute atomic E-state index is 0.0204. The molecule has 0 aliphatic heterocycles. The molecular weight excluding hydrogens is 216 g/mol. The summed E-state index contributed by atoms with van der Waals surface area (Å²) in [5, 5.41) is 3.64. The Morgan fingerprint density at radius 1 is 1.24 bits per heavy atom. The van der Waals surface area contributed by atoms with Crippen LogP contribution in [0.5, 0.6) is 0 Å². The van der Waals surface area contributed by atoms with Gasteiger partial charge in [-0.1, -0.05) is 37.2 Å². The molecule has 0 bridgehead atoms. The van der Waals surface area contributed by atoms with Crippen molar-refractivity contribution in [2.75, 3.05) is 4.90 Å². The van der Waals surface area contributed by atoms with Crippen molar-refractivity contribution in [1.29, 1.82) is 0 Å². The molecule has 0 saturated carbocycles. The van der Waals surface area contributed by atoms with Gasteiger partial charge in [0.1, 0.15) is 0 Å². The molecule has 0 aliphatic rings. The highest BCUT2D eigenvalue weighted by molar-refractivity contribution is 6.00. The van der Waals surface area contributed by atoms with Gasteiger partial charge in [-0.3, -0.25) is 4.79 Å². The van der Waals surface area contributed by atoms with E-state index in [1.165, 1.54) is 11.1 Å². The summed E-state index contributed by atoms with van der Waals surface area (Å²) in [6.07, 6.45) is 1.53. The average molecular weight is 230 g/mol. The van der Waals surface area contributed by atoms with E-state index >= 15 is 0 Å². The van der Waals surface area contributed by atoms with Crippen LogP contribution in [0.4, 0.5) is 11.6 Å². The van der Waals surface area contributed by atoms with E-state index < -0.39 is 0 Å². The molecular formula is C13H14N2O2. The molecule has 2 rings (SSSR count). The highest BCUT2D eigenvalue weighted by Gasteiger charge is 2.23. The second-order valence-electron chi connectivity index (χ2n) is 4.01. The van der Waals surface area contributed by atoms with Gasteiger partial charge in [-0.15, -0.1) is 0 Å². The number of hydrogen-bond donors (Lipinski definition) is 0. The van der Waals surface area contributed by atoms with E-state index in [9.17, 15) is 4.79 Å². The van der Waals surface area contributed by atoms with E-state index in [0.29, 0.717) is 5.88 Å². The fourth-order valence-corrected chi connectivity index (χ4v) is 1.52. The van der Waals surface area contributed by atoms with Gasteiger partial charge in [-0.2, -0.15) is 0 Å². The van der Waals surface area contributed by atoms with Crippen LogP contribution < -0.4 is 4.90 Å². The number of nitrogens with zero attached hydrogens (tertiary/aromatic N) is 2. The zero-order valence-electron chi connectivity index (χ0n) is 9.83. The number of para-hydroxylation sites is 1. The predicted molar refractivity (Wildman–Crippen MR) is 64.9 cm³/mol. The van der Waals surface area contributed by atoms with Crippen LogP contribution in [0.25, 0.3) is 0 Å². The van der Waals surface area contributed by atoms with Gasteiger partial charge in [0.2, 0.25) is 11.8 Å². The Hall–Kier alpha value is -2.10. The van der Waals surface area contributed by atoms with Crippen LogP contribution in [-0.4, -0.2) is 11.1 Å². The Morgan fingerprint density at radius 2 is 1.94 bits per heavy atom. The molecule has 1 aromatic heterocycles. The van der Waals surface area contributed by atoms with Crippen molar-refractivity contribution in [3.63, 3.8) is 0 Å². The van der Waals surface area contributed by atoms with Crippen molar-refractivity contribution >= 4 is 17.5 Å². The third kappa shape index (κ3) is 2.36. The molecule has 0 saturated heterocycles. The molecule has 2 aromatic rings. The molecule has 17 heavy (non-hydrogen) atoms. The first-order chi connectivity index (χ1) is 8.20. The topological polar surface area (TPSA) is 46.3 Å². The van der Waals surface area contributed by atoms with Crippen molar-refractivity contribution in [2.24, 2.45) is 5.92 Å². The van der Waals surface area contributed by atoms with Gasteiger partial charge in [-0.05, 0) is 12.1 Å². The summed E-state index contributed by atoms with van der Waals surface area (Å²) in [5.74, 6) is 0.308. The maximum atomic E-state index is 12.2. The third-order valence-electron chi connectivity index (χ3n) is 2.37. The molecule has 0 atom stereocenters. The van der Waals surface area contributed by atoms with E-state index in [1.807, 2.05) is 44.2 Å². The number of anilines is 2. The number of benzene rings is 1. The van der Waals surface area contributed by atoms with Crippen molar-refractivity contribution in [3.8, 4) is 0 Å². The monoisotopic (exact) mass is 230 g/mol. The van der Waals surface area contributed by atoms with Gasteiger partial charge in [0.15, 0.2) is 0 Å². The SMILES string of the molecule is CC(C)C(=O)N(c1ccccc1)c1ccno1. The van der Waals surface area contributed by atoms with E-state index in [-0.39, 0.29) is 11.8 Å². The summed E-state index contributed by atoms with van der Waals surface area (Å²) in [6, 6.07) is 11.1. The van der Waals surface area contributed by atoms with Gasteiger partial charge in [-0.25, -0.2) is 4.90 Å². The second kappa shape index (κ2) is 4.82. The molecule has 0 fully saturated rings. The van der Waals surface area contributed by atoms with E-state index in [2.05, 4.69) is 5.16 Å². The first-order valence-electron chi connectivity index (χ1n) is 5.50. The molecule has 0 unspecified atom stereocenters. The van der Waals surface area contributed by atoms with Gasteiger partial charge < -0.3 is 4.52 Å². The van der Waals surface area contributed by atoms with Crippen LogP contribution in [0.15, 0.2) is 47.1 Å². The lowest BCUT2D eigenvalue weighted by molar-refractivity contribution is -0.120. The average Bonchev–Trinajstić information content (AvgIpc) is 2.84. The van der Waals surface area contributed by atoms with Gasteiger partial charge in [0.05, 0.1) is 11.9 Å². The van der Waals surface area contributed by atoms with Crippen LogP contribution >= 0.6 is 0 Å². The number of aromatic nitrogens is 1. The lowest BCUT2D eigenvalue weighted by Crippen LogP contribution is -2.29. The summed E-state index contributed by atoms with van der Waals surface area (Å²) < 4.78 is 5.08. The van der Waals surface area contributed by atoms with E-state index in [1.54, 1.807) is 6.07 Å². The Labute approximate surface area is 99.8 Å². The quantitative estimate of drug-likeness (QED) is 0.814. The summed E-state index contributed by atoms with van der Waals surface area (Å²) in [7, 11) is 0. The molecule has 0 spiro atoms. The zero-order chi connectivity index (χ0) is 12.3. The molecule has 4 heteroatoms. The Balaban J connectivity index is 2.42. The summed E-state index contributed by atoms with van der Waals surface area (Å²) in [5.41, 5.74) is 0.781. The Bertz CT molecular complexity index is 477. The molecule has 1 aromatic carbocycles. The molecule has 0 radical (unpaired) electrons. The third-order valence-corrected chi connectivity index (χ3v) is 2.37. The van der Waals surface area contributed by atoms with Crippen LogP contribution in [0.2, 0.25) is 0 Å². The fraction of sp³-hybridized carbons (Fsp3) is 0.231. The lowest BCUT2D eigenvalue weighted by atomic mass is 10.1. The minimum Gasteiger partial charge on any atom is -0.338 e. The van der Waals surface area contributed by atoms with Gasteiger partial charge in [0, 0.05) is 12.0 Å². The van der Waals surface area contributed by atoms with Crippen LogP contribution in [0.1, 0.15) is 13.8 Å².